The van der Waals surface area contributed by atoms with Crippen LogP contribution in [0.1, 0.15) is 40.0 Å². The summed E-state index contributed by atoms with van der Waals surface area (Å²) in [6, 6.07) is 0.575. The van der Waals surface area contributed by atoms with Crippen LogP contribution in [0.3, 0.4) is 0 Å². The molecule has 2 nitrogen and oxygen atoms in total. The number of carbonyl (C=O) groups is 1. The van der Waals surface area contributed by atoms with Crippen LogP contribution in [0.4, 0.5) is 0 Å². The maximum absolute atomic E-state index is 10.4. The zero-order chi connectivity index (χ0) is 10.3. The van der Waals surface area contributed by atoms with E-state index in [1.165, 1.54) is 6.42 Å². The van der Waals surface area contributed by atoms with Gasteiger partial charge in [0.15, 0.2) is 0 Å². The van der Waals surface area contributed by atoms with Crippen LogP contribution in [-0.4, -0.2) is 30.8 Å². The Morgan fingerprint density at radius 2 is 2.00 bits per heavy atom. The van der Waals surface area contributed by atoms with E-state index in [1.807, 2.05) is 0 Å². The second kappa shape index (κ2) is 7.07. The van der Waals surface area contributed by atoms with Crippen LogP contribution in [0.15, 0.2) is 0 Å². The molecule has 0 aliphatic rings. The van der Waals surface area contributed by atoms with Gasteiger partial charge in [0.05, 0.1) is 0 Å². The zero-order valence-corrected chi connectivity index (χ0v) is 9.42. The van der Waals surface area contributed by atoms with Gasteiger partial charge >= 0.3 is 0 Å². The molecule has 0 fully saturated rings. The van der Waals surface area contributed by atoms with Crippen molar-refractivity contribution in [2.45, 2.75) is 46.1 Å². The third-order valence-electron chi connectivity index (χ3n) is 2.55. The first kappa shape index (κ1) is 12.6. The van der Waals surface area contributed by atoms with Gasteiger partial charge in [0.25, 0.3) is 0 Å². The minimum absolute atomic E-state index is 0.551. The Hall–Kier alpha value is -0.370. The lowest BCUT2D eigenvalue weighted by molar-refractivity contribution is -0.108. The highest BCUT2D eigenvalue weighted by Crippen LogP contribution is 2.12. The summed E-state index contributed by atoms with van der Waals surface area (Å²) >= 11 is 0. The van der Waals surface area contributed by atoms with E-state index in [-0.39, 0.29) is 0 Å². The molecular formula is C11H23NO. The van der Waals surface area contributed by atoms with E-state index in [1.54, 1.807) is 0 Å². The highest BCUT2D eigenvalue weighted by molar-refractivity contribution is 5.49. The molecule has 0 rings (SSSR count). The van der Waals surface area contributed by atoms with Crippen molar-refractivity contribution in [1.29, 1.82) is 0 Å². The molecule has 0 heterocycles. The molecule has 0 aromatic rings. The number of aldehydes is 1. The normalized spacial score (nSPS) is 13.7. The van der Waals surface area contributed by atoms with Crippen LogP contribution in [0.2, 0.25) is 0 Å². The van der Waals surface area contributed by atoms with Crippen molar-refractivity contribution in [3.8, 4) is 0 Å². The first-order valence-electron chi connectivity index (χ1n) is 5.25. The summed E-state index contributed by atoms with van der Waals surface area (Å²) in [6.07, 6.45) is 4.10. The molecule has 0 aromatic heterocycles. The van der Waals surface area contributed by atoms with E-state index in [0.717, 1.165) is 19.3 Å². The average molecular weight is 185 g/mol. The Balaban J connectivity index is 3.85. The van der Waals surface area contributed by atoms with E-state index in [9.17, 15) is 4.79 Å². The lowest BCUT2D eigenvalue weighted by atomic mass is 9.99. The molecule has 13 heavy (non-hydrogen) atoms. The van der Waals surface area contributed by atoms with Crippen molar-refractivity contribution in [1.82, 2.24) is 4.90 Å². The molecule has 2 heteroatoms. The summed E-state index contributed by atoms with van der Waals surface area (Å²) in [5.74, 6) is 0.551. The van der Waals surface area contributed by atoms with Crippen molar-refractivity contribution in [3.63, 3.8) is 0 Å². The molecule has 0 radical (unpaired) electrons. The lowest BCUT2D eigenvalue weighted by Gasteiger charge is -2.25. The van der Waals surface area contributed by atoms with Crippen molar-refractivity contribution in [3.05, 3.63) is 0 Å². The van der Waals surface area contributed by atoms with E-state index in [2.05, 4.69) is 32.7 Å². The maximum atomic E-state index is 10.4. The van der Waals surface area contributed by atoms with Crippen LogP contribution < -0.4 is 0 Å². The molecule has 0 saturated heterocycles. The van der Waals surface area contributed by atoms with Gasteiger partial charge in [-0.1, -0.05) is 13.3 Å². The minimum atomic E-state index is 0.551. The SMILES string of the molecule is CCC[C@@H](CC=O)CN(C)C(C)C. The van der Waals surface area contributed by atoms with E-state index >= 15 is 0 Å². The van der Waals surface area contributed by atoms with Gasteiger partial charge in [-0.15, -0.1) is 0 Å². The number of carbonyl (C=O) groups excluding carboxylic acids is 1. The fourth-order valence-electron chi connectivity index (χ4n) is 1.45. The summed E-state index contributed by atoms with van der Waals surface area (Å²) in [7, 11) is 2.12. The molecule has 0 amide bonds. The Morgan fingerprint density at radius 3 is 2.38 bits per heavy atom. The summed E-state index contributed by atoms with van der Waals surface area (Å²) in [6.45, 7) is 7.59. The topological polar surface area (TPSA) is 20.3 Å². The van der Waals surface area contributed by atoms with Crippen LogP contribution in [-0.2, 0) is 4.79 Å². The predicted molar refractivity (Wildman–Crippen MR) is 56.8 cm³/mol. The van der Waals surface area contributed by atoms with Gasteiger partial charge < -0.3 is 9.69 Å². The quantitative estimate of drug-likeness (QED) is 0.567. The average Bonchev–Trinajstić information content (AvgIpc) is 2.05. The Labute approximate surface area is 82.3 Å². The molecule has 78 valence electrons. The number of hydrogen-bond donors (Lipinski definition) is 0. The lowest BCUT2D eigenvalue weighted by Crippen LogP contribution is -2.31. The third-order valence-corrected chi connectivity index (χ3v) is 2.55. The zero-order valence-electron chi connectivity index (χ0n) is 9.42. The Morgan fingerprint density at radius 1 is 1.38 bits per heavy atom. The summed E-state index contributed by atoms with van der Waals surface area (Å²) in [4.78, 5) is 12.7. The first-order chi connectivity index (χ1) is 6.11. The Kier molecular flexibility index (Phi) is 6.87. The molecule has 0 bridgehead atoms. The fraction of sp³-hybridized carbons (Fsp3) is 0.909. The Bertz CT molecular complexity index is 134. The van der Waals surface area contributed by atoms with E-state index < -0.39 is 0 Å². The van der Waals surface area contributed by atoms with Gasteiger partial charge in [0, 0.05) is 19.0 Å². The molecule has 0 aliphatic heterocycles. The standard InChI is InChI=1S/C11H23NO/c1-5-6-11(7-8-13)9-12(4)10(2)3/h8,10-11H,5-7,9H2,1-4H3/t11-/m0/s1. The number of nitrogens with zero attached hydrogens (tertiary/aromatic N) is 1. The second-order valence-electron chi connectivity index (χ2n) is 4.09. The van der Waals surface area contributed by atoms with Crippen molar-refractivity contribution >= 4 is 6.29 Å². The van der Waals surface area contributed by atoms with Gasteiger partial charge in [-0.05, 0) is 33.2 Å². The molecule has 0 unspecified atom stereocenters. The smallest absolute Gasteiger partial charge is 0.120 e. The van der Waals surface area contributed by atoms with Crippen LogP contribution in [0, 0.1) is 5.92 Å². The number of rotatable bonds is 7. The van der Waals surface area contributed by atoms with Crippen molar-refractivity contribution in [2.24, 2.45) is 5.92 Å². The van der Waals surface area contributed by atoms with E-state index in [4.69, 9.17) is 0 Å². The van der Waals surface area contributed by atoms with Gasteiger partial charge in [-0.2, -0.15) is 0 Å². The minimum Gasteiger partial charge on any atom is -0.304 e. The van der Waals surface area contributed by atoms with E-state index in [0.29, 0.717) is 18.4 Å². The fourth-order valence-corrected chi connectivity index (χ4v) is 1.45. The highest BCUT2D eigenvalue weighted by Gasteiger charge is 2.11. The van der Waals surface area contributed by atoms with Gasteiger partial charge in [-0.3, -0.25) is 0 Å². The number of hydrogen-bond acceptors (Lipinski definition) is 2. The largest absolute Gasteiger partial charge is 0.304 e. The summed E-state index contributed by atoms with van der Waals surface area (Å²) in [5, 5.41) is 0. The van der Waals surface area contributed by atoms with Gasteiger partial charge in [-0.25, -0.2) is 0 Å². The van der Waals surface area contributed by atoms with Gasteiger partial charge in [0.2, 0.25) is 0 Å². The van der Waals surface area contributed by atoms with Crippen LogP contribution in [0.5, 0.6) is 0 Å². The predicted octanol–water partition coefficient (Wildman–Crippen LogP) is 2.33. The van der Waals surface area contributed by atoms with Gasteiger partial charge in [0.1, 0.15) is 6.29 Å². The molecule has 0 aliphatic carbocycles. The maximum Gasteiger partial charge on any atom is 0.120 e. The summed E-state index contributed by atoms with van der Waals surface area (Å²) in [5.41, 5.74) is 0. The molecule has 0 saturated carbocycles. The third kappa shape index (κ3) is 5.81. The van der Waals surface area contributed by atoms with Crippen LogP contribution >= 0.6 is 0 Å². The molecule has 0 spiro atoms. The molecule has 1 atom stereocenters. The van der Waals surface area contributed by atoms with Crippen molar-refractivity contribution in [2.75, 3.05) is 13.6 Å². The molecule has 0 aromatic carbocycles. The second-order valence-corrected chi connectivity index (χ2v) is 4.09. The highest BCUT2D eigenvalue weighted by atomic mass is 16.1. The monoisotopic (exact) mass is 185 g/mol. The summed E-state index contributed by atoms with van der Waals surface area (Å²) < 4.78 is 0. The molecular weight excluding hydrogens is 162 g/mol. The first-order valence-corrected chi connectivity index (χ1v) is 5.25. The van der Waals surface area contributed by atoms with Crippen molar-refractivity contribution < 1.29 is 4.79 Å². The molecule has 0 N–H and O–H groups in total. The van der Waals surface area contributed by atoms with Crippen LogP contribution in [0.25, 0.3) is 0 Å².